The molecule has 2 aromatic rings. The highest BCUT2D eigenvalue weighted by Crippen LogP contribution is 2.38. The monoisotopic (exact) mass is 525 g/mol. The molecule has 0 N–H and O–H groups in total. The number of thioether (sulfide) groups is 1. The Morgan fingerprint density at radius 1 is 1.36 bits per heavy atom. The van der Waals surface area contributed by atoms with Crippen molar-refractivity contribution in [1.82, 2.24) is 0 Å². The molecule has 1 aromatic carbocycles. The minimum absolute atomic E-state index is 0.181. The summed E-state index contributed by atoms with van der Waals surface area (Å²) in [5.41, 5.74) is 0.646. The lowest BCUT2D eigenvalue weighted by atomic mass is 10.3. The molecule has 1 aliphatic heterocycles. The van der Waals surface area contributed by atoms with Gasteiger partial charge in [0.2, 0.25) is 0 Å². The van der Waals surface area contributed by atoms with Crippen LogP contribution in [0.3, 0.4) is 0 Å². The summed E-state index contributed by atoms with van der Waals surface area (Å²) in [6.07, 6.45) is 1.70. The summed E-state index contributed by atoms with van der Waals surface area (Å²) in [6.45, 7) is 0. The van der Waals surface area contributed by atoms with Crippen LogP contribution in [0, 0.1) is 3.77 Å². The van der Waals surface area contributed by atoms with E-state index in [9.17, 15) is 4.79 Å². The molecule has 0 spiro atoms. The highest BCUT2D eigenvalue weighted by molar-refractivity contribution is 14.1. The minimum Gasteiger partial charge on any atom is -0.451 e. The number of carbonyl (C=O) groups is 1. The van der Waals surface area contributed by atoms with Crippen LogP contribution in [0.4, 0.5) is 5.69 Å². The van der Waals surface area contributed by atoms with Gasteiger partial charge in [0.05, 0.1) is 15.6 Å². The van der Waals surface area contributed by atoms with E-state index in [1.807, 2.05) is 12.1 Å². The van der Waals surface area contributed by atoms with Crippen LogP contribution in [0.25, 0.3) is 6.08 Å². The Labute approximate surface area is 163 Å². The van der Waals surface area contributed by atoms with E-state index in [4.69, 9.17) is 28.2 Å². The standard InChI is InChI=1S/C14H6BrClINO2S2/c15-9-3-1-7(5-10(9)16)18-13(19)11(22-14(18)21)6-8-2-4-12(17)20-8/h1-6H/b11-6-. The third-order valence-corrected chi connectivity index (χ3v) is 5.94. The summed E-state index contributed by atoms with van der Waals surface area (Å²) in [5.74, 6) is 0.443. The van der Waals surface area contributed by atoms with Crippen LogP contribution in [0.1, 0.15) is 5.76 Å². The smallest absolute Gasteiger partial charge is 0.270 e. The van der Waals surface area contributed by atoms with E-state index in [1.165, 1.54) is 16.7 Å². The molecule has 0 aliphatic carbocycles. The van der Waals surface area contributed by atoms with Gasteiger partial charge in [0.15, 0.2) is 8.09 Å². The van der Waals surface area contributed by atoms with Gasteiger partial charge in [-0.25, -0.2) is 0 Å². The van der Waals surface area contributed by atoms with Crippen molar-refractivity contribution in [3.05, 3.63) is 54.3 Å². The van der Waals surface area contributed by atoms with Gasteiger partial charge < -0.3 is 4.42 Å². The molecule has 0 bridgehead atoms. The Morgan fingerprint density at radius 3 is 2.77 bits per heavy atom. The summed E-state index contributed by atoms with van der Waals surface area (Å²) in [5, 5.41) is 0.524. The number of benzene rings is 1. The number of halogens is 3. The van der Waals surface area contributed by atoms with Gasteiger partial charge in [-0.15, -0.1) is 0 Å². The predicted octanol–water partition coefficient (Wildman–Crippen LogP) is 5.71. The summed E-state index contributed by atoms with van der Waals surface area (Å²) in [6, 6.07) is 8.93. The van der Waals surface area contributed by atoms with Gasteiger partial charge in [-0.05, 0) is 68.9 Å². The van der Waals surface area contributed by atoms with E-state index in [2.05, 4.69) is 38.5 Å². The first kappa shape index (κ1) is 16.5. The highest BCUT2D eigenvalue weighted by atomic mass is 127. The first-order valence-electron chi connectivity index (χ1n) is 5.94. The van der Waals surface area contributed by atoms with Crippen LogP contribution in [-0.2, 0) is 4.79 Å². The van der Waals surface area contributed by atoms with E-state index in [0.29, 0.717) is 25.7 Å². The largest absolute Gasteiger partial charge is 0.451 e. The van der Waals surface area contributed by atoms with Crippen LogP contribution in [0.15, 0.2) is 44.1 Å². The van der Waals surface area contributed by atoms with Crippen molar-refractivity contribution in [1.29, 1.82) is 0 Å². The number of nitrogens with zero attached hydrogens (tertiary/aromatic N) is 1. The quantitative estimate of drug-likeness (QED) is 0.285. The molecular formula is C14H6BrClINO2S2. The fourth-order valence-electron chi connectivity index (χ4n) is 1.85. The number of thiocarbonyl (C=S) groups is 1. The average Bonchev–Trinajstić information content (AvgIpc) is 2.98. The minimum atomic E-state index is -0.181. The third-order valence-electron chi connectivity index (χ3n) is 2.82. The number of amides is 1. The molecule has 1 aromatic heterocycles. The number of carbonyl (C=O) groups excluding carboxylic acids is 1. The number of rotatable bonds is 2. The zero-order chi connectivity index (χ0) is 15.9. The molecule has 0 atom stereocenters. The highest BCUT2D eigenvalue weighted by Gasteiger charge is 2.33. The second-order valence-corrected chi connectivity index (χ2v) is 8.26. The second kappa shape index (κ2) is 6.64. The SMILES string of the molecule is O=C1/C(=C/c2ccc(I)o2)SC(=S)N1c1ccc(Br)c(Cl)c1. The lowest BCUT2D eigenvalue weighted by Gasteiger charge is -2.15. The number of furan rings is 1. The topological polar surface area (TPSA) is 33.5 Å². The lowest BCUT2D eigenvalue weighted by Crippen LogP contribution is -2.27. The van der Waals surface area contributed by atoms with Crippen molar-refractivity contribution in [2.75, 3.05) is 4.90 Å². The number of hydrogen-bond donors (Lipinski definition) is 0. The van der Waals surface area contributed by atoms with Crippen LogP contribution in [0.5, 0.6) is 0 Å². The van der Waals surface area contributed by atoms with E-state index in [1.54, 1.807) is 24.3 Å². The molecule has 1 amide bonds. The van der Waals surface area contributed by atoms with Gasteiger partial charge >= 0.3 is 0 Å². The number of hydrogen-bond acceptors (Lipinski definition) is 4. The van der Waals surface area contributed by atoms with Crippen molar-refractivity contribution >= 4 is 96.1 Å². The fourth-order valence-corrected chi connectivity index (χ4v) is 3.98. The zero-order valence-electron chi connectivity index (χ0n) is 10.7. The van der Waals surface area contributed by atoms with Crippen molar-refractivity contribution in [2.24, 2.45) is 0 Å². The molecule has 112 valence electrons. The van der Waals surface area contributed by atoms with Gasteiger partial charge in [-0.1, -0.05) is 35.6 Å². The van der Waals surface area contributed by atoms with Gasteiger partial charge in [0.1, 0.15) is 5.76 Å². The third kappa shape index (κ3) is 3.28. The van der Waals surface area contributed by atoms with E-state index in [0.717, 1.165) is 8.24 Å². The van der Waals surface area contributed by atoms with Crippen molar-refractivity contribution in [2.45, 2.75) is 0 Å². The Balaban J connectivity index is 1.94. The van der Waals surface area contributed by atoms with Gasteiger partial charge in [-0.2, -0.15) is 0 Å². The molecule has 3 nitrogen and oxygen atoms in total. The maximum Gasteiger partial charge on any atom is 0.270 e. The Hall–Kier alpha value is -0.350. The molecule has 1 aliphatic rings. The molecule has 1 fully saturated rings. The maximum absolute atomic E-state index is 12.6. The molecule has 0 unspecified atom stereocenters. The van der Waals surface area contributed by atoms with E-state index in [-0.39, 0.29) is 5.91 Å². The van der Waals surface area contributed by atoms with Crippen molar-refractivity contribution < 1.29 is 9.21 Å². The Bertz CT molecular complexity index is 821. The fraction of sp³-hybridized carbons (Fsp3) is 0. The van der Waals surface area contributed by atoms with Crippen LogP contribution < -0.4 is 4.90 Å². The normalized spacial score (nSPS) is 16.9. The summed E-state index contributed by atoms with van der Waals surface area (Å²) in [7, 11) is 0. The predicted molar refractivity (Wildman–Crippen MR) is 106 cm³/mol. The summed E-state index contributed by atoms with van der Waals surface area (Å²) < 4.78 is 7.46. The first-order chi connectivity index (χ1) is 10.5. The van der Waals surface area contributed by atoms with Crippen LogP contribution in [-0.4, -0.2) is 10.2 Å². The van der Waals surface area contributed by atoms with Gasteiger partial charge in [0, 0.05) is 10.5 Å². The average molecular weight is 527 g/mol. The number of anilines is 1. The van der Waals surface area contributed by atoms with Crippen LogP contribution in [0.2, 0.25) is 5.02 Å². The molecule has 0 saturated carbocycles. The maximum atomic E-state index is 12.6. The van der Waals surface area contributed by atoms with E-state index >= 15 is 0 Å². The molecule has 0 radical (unpaired) electrons. The van der Waals surface area contributed by atoms with Gasteiger partial charge in [0.25, 0.3) is 5.91 Å². The van der Waals surface area contributed by atoms with Crippen molar-refractivity contribution in [3.8, 4) is 0 Å². The molecule has 8 heteroatoms. The van der Waals surface area contributed by atoms with Crippen LogP contribution >= 0.6 is 74.1 Å². The summed E-state index contributed by atoms with van der Waals surface area (Å²) in [4.78, 5) is 14.6. The molecule has 22 heavy (non-hydrogen) atoms. The molecule has 2 heterocycles. The van der Waals surface area contributed by atoms with Gasteiger partial charge in [-0.3, -0.25) is 9.69 Å². The molecular weight excluding hydrogens is 521 g/mol. The van der Waals surface area contributed by atoms with E-state index < -0.39 is 0 Å². The summed E-state index contributed by atoms with van der Waals surface area (Å²) >= 11 is 18.1. The Morgan fingerprint density at radius 2 is 2.14 bits per heavy atom. The zero-order valence-corrected chi connectivity index (χ0v) is 16.8. The van der Waals surface area contributed by atoms with Crippen molar-refractivity contribution in [3.63, 3.8) is 0 Å². The second-order valence-electron chi connectivity index (χ2n) is 4.26. The molecule has 3 rings (SSSR count). The lowest BCUT2D eigenvalue weighted by molar-refractivity contribution is -0.113. The molecule has 1 saturated heterocycles. The Kier molecular flexibility index (Phi) is 4.98. The first-order valence-corrected chi connectivity index (χ1v) is 9.41.